The van der Waals surface area contributed by atoms with E-state index in [1.54, 1.807) is 7.11 Å². The lowest BCUT2D eigenvalue weighted by Crippen LogP contribution is -2.37. The van der Waals surface area contributed by atoms with E-state index in [-0.39, 0.29) is 6.04 Å². The minimum Gasteiger partial charge on any atom is -0.383 e. The Bertz CT molecular complexity index is 341. The third kappa shape index (κ3) is 4.46. The Morgan fingerprint density at radius 2 is 2.12 bits per heavy atom. The minimum atomic E-state index is 0.0548. The van der Waals surface area contributed by atoms with Crippen molar-refractivity contribution in [2.45, 2.75) is 25.9 Å². The molecule has 0 bridgehead atoms. The highest BCUT2D eigenvalue weighted by Crippen LogP contribution is 2.14. The molecule has 0 spiro atoms. The summed E-state index contributed by atoms with van der Waals surface area (Å²) in [6, 6.07) is 8.83. The molecule has 1 rings (SSSR count). The molecule has 17 heavy (non-hydrogen) atoms. The zero-order valence-electron chi connectivity index (χ0n) is 11.3. The van der Waals surface area contributed by atoms with Crippen LogP contribution < -0.4 is 5.73 Å². The number of nitrogens with two attached hydrogens (primary N) is 1. The zero-order valence-corrected chi connectivity index (χ0v) is 11.3. The van der Waals surface area contributed by atoms with Crippen LogP contribution in [0.5, 0.6) is 0 Å². The lowest BCUT2D eigenvalue weighted by molar-refractivity contribution is 0.112. The van der Waals surface area contributed by atoms with E-state index in [4.69, 9.17) is 10.5 Å². The lowest BCUT2D eigenvalue weighted by Gasteiger charge is -2.27. The summed E-state index contributed by atoms with van der Waals surface area (Å²) in [6.45, 7) is 5.81. The molecule has 0 fully saturated rings. The van der Waals surface area contributed by atoms with E-state index in [1.165, 1.54) is 11.1 Å². The highest BCUT2D eigenvalue weighted by molar-refractivity contribution is 5.25. The van der Waals surface area contributed by atoms with Crippen molar-refractivity contribution in [2.24, 2.45) is 5.73 Å². The number of ether oxygens (including phenoxy) is 1. The molecule has 0 aliphatic carbocycles. The van der Waals surface area contributed by atoms with Gasteiger partial charge in [-0.3, -0.25) is 4.90 Å². The predicted octanol–water partition coefficient (Wildman–Crippen LogP) is 1.96. The summed E-state index contributed by atoms with van der Waals surface area (Å²) in [5.74, 6) is 0. The molecule has 96 valence electrons. The molecule has 3 nitrogen and oxygen atoms in total. The minimum absolute atomic E-state index is 0.0548. The number of nitrogens with zero attached hydrogens (tertiary/aromatic N) is 1. The van der Waals surface area contributed by atoms with Crippen LogP contribution in [0.4, 0.5) is 0 Å². The fraction of sp³-hybridized carbons (Fsp3) is 0.571. The van der Waals surface area contributed by atoms with Gasteiger partial charge in [0.2, 0.25) is 0 Å². The first-order valence-corrected chi connectivity index (χ1v) is 6.06. The molecule has 0 aromatic heterocycles. The van der Waals surface area contributed by atoms with E-state index >= 15 is 0 Å². The van der Waals surface area contributed by atoms with Gasteiger partial charge in [-0.2, -0.15) is 0 Å². The average Bonchev–Trinajstić information content (AvgIpc) is 2.29. The Morgan fingerprint density at radius 3 is 2.71 bits per heavy atom. The third-order valence-electron chi connectivity index (χ3n) is 3.12. The van der Waals surface area contributed by atoms with Gasteiger partial charge in [-0.1, -0.05) is 29.8 Å². The Hall–Kier alpha value is -0.900. The van der Waals surface area contributed by atoms with Gasteiger partial charge in [0.25, 0.3) is 0 Å². The van der Waals surface area contributed by atoms with Crippen LogP contribution in [0.2, 0.25) is 0 Å². The van der Waals surface area contributed by atoms with Crippen molar-refractivity contribution in [1.29, 1.82) is 0 Å². The Morgan fingerprint density at radius 1 is 1.41 bits per heavy atom. The van der Waals surface area contributed by atoms with Gasteiger partial charge in [-0.15, -0.1) is 0 Å². The molecule has 3 heteroatoms. The van der Waals surface area contributed by atoms with Crippen molar-refractivity contribution in [3.63, 3.8) is 0 Å². The number of aryl methyl sites for hydroxylation is 1. The van der Waals surface area contributed by atoms with Gasteiger partial charge in [-0.25, -0.2) is 0 Å². The lowest BCUT2D eigenvalue weighted by atomic mass is 10.0. The molecule has 0 heterocycles. The molecule has 0 saturated heterocycles. The number of benzene rings is 1. The topological polar surface area (TPSA) is 38.5 Å². The molecule has 1 aromatic rings. The van der Waals surface area contributed by atoms with Crippen LogP contribution in [-0.4, -0.2) is 38.3 Å². The Kier molecular flexibility index (Phi) is 5.62. The normalized spacial score (nSPS) is 14.9. The Labute approximate surface area is 105 Å². The fourth-order valence-corrected chi connectivity index (χ4v) is 1.86. The maximum absolute atomic E-state index is 6.22. The predicted molar refractivity (Wildman–Crippen MR) is 72.1 cm³/mol. The van der Waals surface area contributed by atoms with Gasteiger partial charge in [0.1, 0.15) is 0 Å². The number of methoxy groups -OCH3 is 1. The van der Waals surface area contributed by atoms with Gasteiger partial charge in [-0.05, 0) is 26.5 Å². The summed E-state index contributed by atoms with van der Waals surface area (Å²) in [5, 5.41) is 0. The van der Waals surface area contributed by atoms with Gasteiger partial charge >= 0.3 is 0 Å². The van der Waals surface area contributed by atoms with E-state index in [2.05, 4.69) is 50.1 Å². The summed E-state index contributed by atoms with van der Waals surface area (Å²) in [4.78, 5) is 2.23. The summed E-state index contributed by atoms with van der Waals surface area (Å²) >= 11 is 0. The maximum Gasteiger partial charge on any atom is 0.0615 e. The van der Waals surface area contributed by atoms with Crippen molar-refractivity contribution < 1.29 is 4.74 Å². The van der Waals surface area contributed by atoms with E-state index in [0.717, 1.165) is 13.2 Å². The van der Waals surface area contributed by atoms with Crippen LogP contribution >= 0.6 is 0 Å². The van der Waals surface area contributed by atoms with E-state index in [0.29, 0.717) is 6.04 Å². The molecule has 0 saturated carbocycles. The number of likely N-dealkylation sites (N-methyl/N-ethyl adjacent to an activating group) is 1. The van der Waals surface area contributed by atoms with Crippen LogP contribution in [-0.2, 0) is 4.74 Å². The van der Waals surface area contributed by atoms with Gasteiger partial charge in [0, 0.05) is 25.7 Å². The first-order valence-electron chi connectivity index (χ1n) is 6.06. The first kappa shape index (κ1) is 14.2. The molecule has 2 atom stereocenters. The van der Waals surface area contributed by atoms with Crippen molar-refractivity contribution >= 4 is 0 Å². The van der Waals surface area contributed by atoms with Crippen molar-refractivity contribution in [1.82, 2.24) is 4.90 Å². The average molecular weight is 236 g/mol. The van der Waals surface area contributed by atoms with Gasteiger partial charge in [0.15, 0.2) is 0 Å². The van der Waals surface area contributed by atoms with E-state index < -0.39 is 0 Å². The third-order valence-corrected chi connectivity index (χ3v) is 3.12. The number of rotatable bonds is 6. The molecule has 0 aliphatic rings. The van der Waals surface area contributed by atoms with Crippen molar-refractivity contribution in [3.05, 3.63) is 35.4 Å². The molecule has 2 unspecified atom stereocenters. The van der Waals surface area contributed by atoms with Crippen LogP contribution in [0.15, 0.2) is 24.3 Å². The van der Waals surface area contributed by atoms with Crippen LogP contribution in [0, 0.1) is 6.92 Å². The quantitative estimate of drug-likeness (QED) is 0.820. The monoisotopic (exact) mass is 236 g/mol. The molecular formula is C14H24N2O. The van der Waals surface area contributed by atoms with Gasteiger partial charge in [0.05, 0.1) is 6.61 Å². The number of hydrogen-bond donors (Lipinski definition) is 1. The molecule has 0 radical (unpaired) electrons. The fourth-order valence-electron chi connectivity index (χ4n) is 1.86. The summed E-state index contributed by atoms with van der Waals surface area (Å²) in [6.07, 6.45) is 0. The molecule has 0 amide bonds. The highest BCUT2D eigenvalue weighted by Gasteiger charge is 2.14. The van der Waals surface area contributed by atoms with Crippen LogP contribution in [0.3, 0.4) is 0 Å². The summed E-state index contributed by atoms with van der Waals surface area (Å²) in [5.41, 5.74) is 8.67. The largest absolute Gasteiger partial charge is 0.383 e. The summed E-state index contributed by atoms with van der Waals surface area (Å²) < 4.78 is 5.15. The van der Waals surface area contributed by atoms with E-state index in [9.17, 15) is 0 Å². The second kappa shape index (κ2) is 6.74. The highest BCUT2D eigenvalue weighted by atomic mass is 16.5. The zero-order chi connectivity index (χ0) is 12.8. The molecule has 0 aliphatic heterocycles. The second-order valence-electron chi connectivity index (χ2n) is 4.76. The summed E-state index contributed by atoms with van der Waals surface area (Å²) in [7, 11) is 3.81. The maximum atomic E-state index is 6.22. The SMILES string of the molecule is COCC(C)N(C)CC(N)c1cccc(C)c1. The van der Waals surface area contributed by atoms with Crippen molar-refractivity contribution in [3.8, 4) is 0 Å². The smallest absolute Gasteiger partial charge is 0.0615 e. The second-order valence-corrected chi connectivity index (χ2v) is 4.76. The first-order chi connectivity index (χ1) is 8.04. The van der Waals surface area contributed by atoms with Crippen LogP contribution in [0.25, 0.3) is 0 Å². The standard InChI is InChI=1S/C14H24N2O/c1-11-6-5-7-13(8-11)14(15)9-16(3)12(2)10-17-4/h5-8,12,14H,9-10,15H2,1-4H3. The molecule has 2 N–H and O–H groups in total. The van der Waals surface area contributed by atoms with Crippen LogP contribution in [0.1, 0.15) is 24.1 Å². The molecular weight excluding hydrogens is 212 g/mol. The van der Waals surface area contributed by atoms with Crippen molar-refractivity contribution in [2.75, 3.05) is 27.3 Å². The number of hydrogen-bond acceptors (Lipinski definition) is 3. The Balaban J connectivity index is 2.56. The van der Waals surface area contributed by atoms with E-state index in [1.807, 2.05) is 0 Å². The molecule has 1 aromatic carbocycles. The van der Waals surface area contributed by atoms with Gasteiger partial charge < -0.3 is 10.5 Å².